The van der Waals surface area contributed by atoms with E-state index in [0.717, 1.165) is 32.4 Å². The lowest BCUT2D eigenvalue weighted by Gasteiger charge is -2.10. The van der Waals surface area contributed by atoms with E-state index >= 15 is 0 Å². The van der Waals surface area contributed by atoms with E-state index in [1.54, 1.807) is 12.3 Å². The normalized spacial score (nSPS) is 10.8. The second kappa shape index (κ2) is 10.6. The lowest BCUT2D eigenvalue weighted by Crippen LogP contribution is -2.16. The molecule has 0 saturated heterocycles. The molecule has 1 rings (SSSR count). The van der Waals surface area contributed by atoms with Crippen LogP contribution in [0.1, 0.15) is 38.7 Å². The minimum Gasteiger partial charge on any atom is -0.473 e. The summed E-state index contributed by atoms with van der Waals surface area (Å²) < 4.78 is 24.7. The first-order valence-electron chi connectivity index (χ1n) is 7.34. The van der Waals surface area contributed by atoms with Crippen molar-refractivity contribution in [2.75, 3.05) is 26.4 Å². The molecule has 0 unspecified atom stereocenters. The van der Waals surface area contributed by atoms with Crippen molar-refractivity contribution in [2.45, 2.75) is 39.7 Å². The topological polar surface area (TPSA) is 43.4 Å². The first-order chi connectivity index (χ1) is 9.79. The molecule has 114 valence electrons. The number of rotatable bonds is 11. The van der Waals surface area contributed by atoms with Gasteiger partial charge in [-0.05, 0) is 25.5 Å². The van der Waals surface area contributed by atoms with Gasteiger partial charge in [0.2, 0.25) is 0 Å². The Labute approximate surface area is 120 Å². The third-order valence-electron chi connectivity index (χ3n) is 2.79. The van der Waals surface area contributed by atoms with E-state index in [1.807, 2.05) is 0 Å². The molecule has 0 aliphatic carbocycles. The van der Waals surface area contributed by atoms with Crippen LogP contribution in [-0.4, -0.2) is 31.3 Å². The molecule has 0 amide bonds. The average Bonchev–Trinajstić information content (AvgIpc) is 2.46. The van der Waals surface area contributed by atoms with E-state index in [9.17, 15) is 4.39 Å². The third kappa shape index (κ3) is 6.30. The van der Waals surface area contributed by atoms with Gasteiger partial charge in [0, 0.05) is 24.9 Å². The molecular weight excluding hydrogens is 259 g/mol. The van der Waals surface area contributed by atoms with Crippen LogP contribution in [0.4, 0.5) is 4.39 Å². The lowest BCUT2D eigenvalue weighted by atomic mass is 10.2. The van der Waals surface area contributed by atoms with Gasteiger partial charge < -0.3 is 14.8 Å². The Bertz CT molecular complexity index is 375. The van der Waals surface area contributed by atoms with Gasteiger partial charge in [-0.2, -0.15) is 0 Å². The summed E-state index contributed by atoms with van der Waals surface area (Å²) >= 11 is 0. The molecule has 0 aliphatic heterocycles. The minimum atomic E-state index is -0.385. The molecule has 0 bridgehead atoms. The van der Waals surface area contributed by atoms with Crippen molar-refractivity contribution in [1.29, 1.82) is 0 Å². The number of nitrogens with one attached hydrogen (secondary N) is 1. The van der Waals surface area contributed by atoms with Crippen molar-refractivity contribution < 1.29 is 13.9 Å². The largest absolute Gasteiger partial charge is 0.473 e. The van der Waals surface area contributed by atoms with Crippen LogP contribution < -0.4 is 10.1 Å². The first kappa shape index (κ1) is 16.9. The van der Waals surface area contributed by atoms with Gasteiger partial charge in [-0.25, -0.2) is 9.37 Å². The fraction of sp³-hybridized carbons (Fsp3) is 0.667. The summed E-state index contributed by atoms with van der Waals surface area (Å²) in [5.74, 6) is -0.329. The Kier molecular flexibility index (Phi) is 8.91. The van der Waals surface area contributed by atoms with E-state index < -0.39 is 0 Å². The maximum Gasteiger partial charge on any atom is 0.250 e. The monoisotopic (exact) mass is 284 g/mol. The molecule has 1 heterocycles. The number of nitrogens with zero attached hydrogens (tertiary/aromatic N) is 1. The Morgan fingerprint density at radius 1 is 1.20 bits per heavy atom. The summed E-state index contributed by atoms with van der Waals surface area (Å²) in [6, 6.07) is 1.67. The molecule has 1 aromatic heterocycles. The molecule has 5 heteroatoms. The molecule has 0 saturated carbocycles. The zero-order valence-electron chi connectivity index (χ0n) is 12.5. The summed E-state index contributed by atoms with van der Waals surface area (Å²) in [6.45, 7) is 7.03. The predicted octanol–water partition coefficient (Wildman–Crippen LogP) is 2.92. The van der Waals surface area contributed by atoms with E-state index in [0.29, 0.717) is 25.3 Å². The highest BCUT2D eigenvalue weighted by atomic mass is 19.1. The van der Waals surface area contributed by atoms with Crippen LogP contribution in [0, 0.1) is 5.82 Å². The quantitative estimate of drug-likeness (QED) is 0.635. The van der Waals surface area contributed by atoms with Crippen LogP contribution in [-0.2, 0) is 11.3 Å². The van der Waals surface area contributed by atoms with Crippen molar-refractivity contribution in [2.24, 2.45) is 0 Å². The van der Waals surface area contributed by atoms with Gasteiger partial charge in [0.25, 0.3) is 5.88 Å². The highest BCUT2D eigenvalue weighted by Crippen LogP contribution is 2.17. The summed E-state index contributed by atoms with van der Waals surface area (Å²) in [5.41, 5.74) is 0.579. The van der Waals surface area contributed by atoms with Crippen molar-refractivity contribution in [1.82, 2.24) is 10.3 Å². The van der Waals surface area contributed by atoms with E-state index in [2.05, 4.69) is 24.1 Å². The third-order valence-corrected chi connectivity index (χ3v) is 2.79. The molecule has 0 fully saturated rings. The van der Waals surface area contributed by atoms with Crippen molar-refractivity contribution >= 4 is 0 Å². The predicted molar refractivity (Wildman–Crippen MR) is 77.4 cm³/mol. The highest BCUT2D eigenvalue weighted by Gasteiger charge is 2.10. The Morgan fingerprint density at radius 2 is 2.05 bits per heavy atom. The van der Waals surface area contributed by atoms with Crippen LogP contribution in [0.3, 0.4) is 0 Å². The number of pyridine rings is 1. The maximum atomic E-state index is 14.1. The molecular formula is C15H25FN2O2. The van der Waals surface area contributed by atoms with E-state index in [1.165, 1.54) is 0 Å². The summed E-state index contributed by atoms with van der Waals surface area (Å²) in [5, 5.41) is 3.16. The smallest absolute Gasteiger partial charge is 0.250 e. The van der Waals surface area contributed by atoms with E-state index in [-0.39, 0.29) is 11.7 Å². The second-order valence-corrected chi connectivity index (χ2v) is 4.58. The van der Waals surface area contributed by atoms with Crippen LogP contribution in [0.15, 0.2) is 12.3 Å². The molecule has 4 nitrogen and oxygen atoms in total. The number of ether oxygens (including phenoxy) is 2. The number of hydrogen-bond acceptors (Lipinski definition) is 4. The summed E-state index contributed by atoms with van der Waals surface area (Å²) in [6.07, 6.45) is 4.72. The SMILES string of the molecule is CCCCOCCOc1nccc(CNCCC)c1F. The molecule has 20 heavy (non-hydrogen) atoms. The van der Waals surface area contributed by atoms with Gasteiger partial charge in [0.1, 0.15) is 6.61 Å². The molecule has 0 aromatic carbocycles. The van der Waals surface area contributed by atoms with Crippen LogP contribution in [0.5, 0.6) is 5.88 Å². The van der Waals surface area contributed by atoms with E-state index in [4.69, 9.17) is 9.47 Å². The number of unbranched alkanes of at least 4 members (excludes halogenated alkanes) is 1. The molecule has 0 radical (unpaired) electrons. The number of aromatic nitrogens is 1. The second-order valence-electron chi connectivity index (χ2n) is 4.58. The van der Waals surface area contributed by atoms with Gasteiger partial charge in [0.05, 0.1) is 6.61 Å². The summed E-state index contributed by atoms with van der Waals surface area (Å²) in [7, 11) is 0. The fourth-order valence-electron chi connectivity index (χ4n) is 1.64. The first-order valence-corrected chi connectivity index (χ1v) is 7.34. The minimum absolute atomic E-state index is 0.0555. The van der Waals surface area contributed by atoms with Crippen LogP contribution >= 0.6 is 0 Å². The van der Waals surface area contributed by atoms with Crippen molar-refractivity contribution in [3.8, 4) is 5.88 Å². The zero-order valence-corrected chi connectivity index (χ0v) is 12.5. The summed E-state index contributed by atoms with van der Waals surface area (Å²) in [4.78, 5) is 3.92. The van der Waals surface area contributed by atoms with Crippen LogP contribution in [0.25, 0.3) is 0 Å². The van der Waals surface area contributed by atoms with Crippen molar-refractivity contribution in [3.05, 3.63) is 23.6 Å². The van der Waals surface area contributed by atoms with Gasteiger partial charge in [-0.3, -0.25) is 0 Å². The Morgan fingerprint density at radius 3 is 2.80 bits per heavy atom. The molecule has 1 N–H and O–H groups in total. The standard InChI is InChI=1S/C15H25FN2O2/c1-3-5-9-19-10-11-20-15-14(16)13(6-8-18-15)12-17-7-4-2/h6,8,17H,3-5,7,9-12H2,1-2H3. The van der Waals surface area contributed by atoms with Crippen LogP contribution in [0.2, 0.25) is 0 Å². The molecule has 0 spiro atoms. The fourth-order valence-corrected chi connectivity index (χ4v) is 1.64. The molecule has 0 atom stereocenters. The van der Waals surface area contributed by atoms with Gasteiger partial charge in [0.15, 0.2) is 5.82 Å². The average molecular weight is 284 g/mol. The van der Waals surface area contributed by atoms with Gasteiger partial charge in [-0.15, -0.1) is 0 Å². The Hall–Kier alpha value is -1.20. The lowest BCUT2D eigenvalue weighted by molar-refractivity contribution is 0.0948. The molecule has 1 aromatic rings. The number of hydrogen-bond donors (Lipinski definition) is 1. The zero-order chi connectivity index (χ0) is 14.6. The van der Waals surface area contributed by atoms with Gasteiger partial charge >= 0.3 is 0 Å². The number of halogens is 1. The maximum absolute atomic E-state index is 14.1. The van der Waals surface area contributed by atoms with Gasteiger partial charge in [-0.1, -0.05) is 20.3 Å². The van der Waals surface area contributed by atoms with Crippen molar-refractivity contribution in [3.63, 3.8) is 0 Å². The Balaban J connectivity index is 2.35. The highest BCUT2D eigenvalue weighted by molar-refractivity contribution is 5.23. The molecule has 0 aliphatic rings.